The molecule has 3 aromatic carbocycles. The van der Waals surface area contributed by atoms with Crippen molar-refractivity contribution in [1.82, 2.24) is 9.13 Å². The Kier molecular flexibility index (Phi) is 6.53. The Morgan fingerprint density at radius 3 is 2.45 bits per heavy atom. The van der Waals surface area contributed by atoms with Crippen molar-refractivity contribution in [3.05, 3.63) is 103 Å². The first-order valence-corrected chi connectivity index (χ1v) is 10.7. The largest absolute Gasteiger partial charge is 0.495 e. The van der Waals surface area contributed by atoms with E-state index in [9.17, 15) is 14.4 Å². The number of nitrogens with zero attached hydrogens (tertiary/aromatic N) is 2. The molecule has 1 amide bonds. The number of methoxy groups -OCH3 is 1. The highest BCUT2D eigenvalue weighted by molar-refractivity contribution is 6.31. The third-order valence-corrected chi connectivity index (χ3v) is 5.57. The van der Waals surface area contributed by atoms with Gasteiger partial charge in [-0.05, 0) is 48.0 Å². The van der Waals surface area contributed by atoms with Crippen molar-refractivity contribution in [3.8, 4) is 5.75 Å². The lowest BCUT2D eigenvalue weighted by Gasteiger charge is -2.15. The van der Waals surface area contributed by atoms with Gasteiger partial charge in [0.2, 0.25) is 5.91 Å². The smallest absolute Gasteiger partial charge is 0.332 e. The summed E-state index contributed by atoms with van der Waals surface area (Å²) in [7, 11) is 1.47. The van der Waals surface area contributed by atoms with Gasteiger partial charge in [-0.1, -0.05) is 47.5 Å². The Morgan fingerprint density at radius 1 is 0.939 bits per heavy atom. The van der Waals surface area contributed by atoms with Crippen LogP contribution < -0.4 is 21.3 Å². The Labute approximate surface area is 198 Å². The number of amides is 1. The van der Waals surface area contributed by atoms with Crippen LogP contribution >= 0.6 is 23.2 Å². The molecule has 7 nitrogen and oxygen atoms in total. The number of fused-ring (bicyclic) bond motifs is 1. The van der Waals surface area contributed by atoms with Crippen molar-refractivity contribution in [3.63, 3.8) is 0 Å². The molecule has 0 saturated carbocycles. The van der Waals surface area contributed by atoms with Crippen LogP contribution in [0.4, 0.5) is 5.69 Å². The lowest BCUT2D eigenvalue weighted by molar-refractivity contribution is -0.116. The van der Waals surface area contributed by atoms with Crippen molar-refractivity contribution in [1.29, 1.82) is 0 Å². The van der Waals surface area contributed by atoms with E-state index >= 15 is 0 Å². The Balaban J connectivity index is 1.76. The molecule has 0 fully saturated rings. The number of carbonyl (C=O) groups excluding carboxylic acids is 1. The van der Waals surface area contributed by atoms with Gasteiger partial charge in [-0.25, -0.2) is 4.79 Å². The molecule has 33 heavy (non-hydrogen) atoms. The summed E-state index contributed by atoms with van der Waals surface area (Å²) >= 11 is 12.1. The standard InChI is InChI=1S/C24H19Cl2N3O4/c1-33-21-10-9-17(26)12-19(21)27-22(30)14-28-20-8-3-2-7-18(20)23(31)29(24(28)32)13-15-5-4-6-16(25)11-15/h2-12H,13-14H2,1H3,(H,27,30). The maximum Gasteiger partial charge on any atom is 0.332 e. The van der Waals surface area contributed by atoms with E-state index < -0.39 is 17.2 Å². The zero-order chi connectivity index (χ0) is 23.5. The molecule has 0 aliphatic carbocycles. The number of hydrogen-bond donors (Lipinski definition) is 1. The number of para-hydroxylation sites is 1. The van der Waals surface area contributed by atoms with Crippen LogP contribution in [0, 0.1) is 0 Å². The molecule has 4 rings (SSSR count). The van der Waals surface area contributed by atoms with E-state index in [4.69, 9.17) is 27.9 Å². The number of hydrogen-bond acceptors (Lipinski definition) is 4. The lowest BCUT2D eigenvalue weighted by Crippen LogP contribution is -2.42. The SMILES string of the molecule is COc1ccc(Cl)cc1NC(=O)Cn1c(=O)n(Cc2cccc(Cl)c2)c(=O)c2ccccc21. The van der Waals surface area contributed by atoms with Crippen molar-refractivity contribution in [2.75, 3.05) is 12.4 Å². The van der Waals surface area contributed by atoms with Crippen LogP contribution in [0.25, 0.3) is 10.9 Å². The van der Waals surface area contributed by atoms with E-state index in [1.54, 1.807) is 66.7 Å². The molecule has 0 aliphatic rings. The third kappa shape index (κ3) is 4.79. The maximum atomic E-state index is 13.3. The zero-order valence-corrected chi connectivity index (χ0v) is 19.1. The summed E-state index contributed by atoms with van der Waals surface area (Å²) in [6, 6.07) is 18.4. The van der Waals surface area contributed by atoms with E-state index in [1.807, 2.05) is 0 Å². The molecule has 168 valence electrons. The molecule has 1 aromatic heterocycles. The fraction of sp³-hybridized carbons (Fsp3) is 0.125. The van der Waals surface area contributed by atoms with Crippen molar-refractivity contribution >= 4 is 45.7 Å². The number of rotatable bonds is 6. The molecule has 0 bridgehead atoms. The van der Waals surface area contributed by atoms with Crippen LogP contribution in [0.2, 0.25) is 10.0 Å². The van der Waals surface area contributed by atoms with Gasteiger partial charge in [-0.2, -0.15) is 0 Å². The van der Waals surface area contributed by atoms with Gasteiger partial charge in [-0.3, -0.25) is 18.7 Å². The molecular formula is C24H19Cl2N3O4. The van der Waals surface area contributed by atoms with Gasteiger partial charge in [0.15, 0.2) is 0 Å². The minimum atomic E-state index is -0.605. The van der Waals surface area contributed by atoms with E-state index in [-0.39, 0.29) is 13.1 Å². The van der Waals surface area contributed by atoms with Crippen LogP contribution in [0.5, 0.6) is 5.75 Å². The van der Waals surface area contributed by atoms with Crippen LogP contribution in [0.1, 0.15) is 5.56 Å². The minimum Gasteiger partial charge on any atom is -0.495 e. The number of benzene rings is 3. The molecule has 9 heteroatoms. The van der Waals surface area contributed by atoms with Crippen LogP contribution in [-0.2, 0) is 17.9 Å². The second-order valence-electron chi connectivity index (χ2n) is 7.30. The number of ether oxygens (including phenoxy) is 1. The average Bonchev–Trinajstić information content (AvgIpc) is 2.80. The summed E-state index contributed by atoms with van der Waals surface area (Å²) in [5, 5.41) is 3.96. The normalized spacial score (nSPS) is 10.9. The van der Waals surface area contributed by atoms with Crippen LogP contribution in [-0.4, -0.2) is 22.2 Å². The number of carbonyl (C=O) groups is 1. The summed E-state index contributed by atoms with van der Waals surface area (Å²) in [6.07, 6.45) is 0. The van der Waals surface area contributed by atoms with E-state index in [0.717, 1.165) is 4.57 Å². The van der Waals surface area contributed by atoms with Gasteiger partial charge < -0.3 is 10.1 Å². The highest BCUT2D eigenvalue weighted by Crippen LogP contribution is 2.27. The molecule has 0 aliphatic heterocycles. The molecule has 1 N–H and O–H groups in total. The monoisotopic (exact) mass is 483 g/mol. The van der Waals surface area contributed by atoms with Gasteiger partial charge in [0.05, 0.1) is 30.2 Å². The molecular weight excluding hydrogens is 465 g/mol. The highest BCUT2D eigenvalue weighted by Gasteiger charge is 2.17. The lowest BCUT2D eigenvalue weighted by atomic mass is 10.2. The molecule has 4 aromatic rings. The summed E-state index contributed by atoms with van der Waals surface area (Å²) in [5.41, 5.74) is 0.384. The van der Waals surface area contributed by atoms with Gasteiger partial charge in [0.1, 0.15) is 12.3 Å². The van der Waals surface area contributed by atoms with Crippen LogP contribution in [0.3, 0.4) is 0 Å². The van der Waals surface area contributed by atoms with Crippen molar-refractivity contribution in [2.24, 2.45) is 0 Å². The number of nitrogens with one attached hydrogen (secondary N) is 1. The zero-order valence-electron chi connectivity index (χ0n) is 17.5. The summed E-state index contributed by atoms with van der Waals surface area (Å²) in [4.78, 5) is 39.3. The van der Waals surface area contributed by atoms with Crippen molar-refractivity contribution < 1.29 is 9.53 Å². The van der Waals surface area contributed by atoms with Crippen molar-refractivity contribution in [2.45, 2.75) is 13.1 Å². The predicted octanol–water partition coefficient (Wildman–Crippen LogP) is 4.17. The molecule has 0 spiro atoms. The predicted molar refractivity (Wildman–Crippen MR) is 130 cm³/mol. The second-order valence-corrected chi connectivity index (χ2v) is 8.17. The average molecular weight is 484 g/mol. The third-order valence-electron chi connectivity index (χ3n) is 5.10. The molecule has 1 heterocycles. The van der Waals surface area contributed by atoms with E-state index in [2.05, 4.69) is 5.32 Å². The summed E-state index contributed by atoms with van der Waals surface area (Å²) in [5.74, 6) is -0.0494. The Hall–Kier alpha value is -3.55. The number of halogens is 2. The number of anilines is 1. The molecule has 0 atom stereocenters. The quantitative estimate of drug-likeness (QED) is 0.446. The summed E-state index contributed by atoms with van der Waals surface area (Å²) < 4.78 is 7.63. The first-order valence-electron chi connectivity index (χ1n) is 9.97. The fourth-order valence-electron chi connectivity index (χ4n) is 3.59. The minimum absolute atomic E-state index is 0.0206. The van der Waals surface area contributed by atoms with E-state index in [1.165, 1.54) is 11.7 Å². The molecule has 0 saturated heterocycles. The first-order chi connectivity index (χ1) is 15.9. The first kappa shape index (κ1) is 22.6. The summed E-state index contributed by atoms with van der Waals surface area (Å²) in [6.45, 7) is -0.294. The van der Waals surface area contributed by atoms with Gasteiger partial charge in [0.25, 0.3) is 5.56 Å². The number of aromatic nitrogens is 2. The highest BCUT2D eigenvalue weighted by atomic mass is 35.5. The van der Waals surface area contributed by atoms with Gasteiger partial charge in [-0.15, -0.1) is 0 Å². The Bertz CT molecular complexity index is 1480. The molecule has 0 radical (unpaired) electrons. The fourth-order valence-corrected chi connectivity index (χ4v) is 3.98. The van der Waals surface area contributed by atoms with Crippen LogP contribution in [0.15, 0.2) is 76.3 Å². The topological polar surface area (TPSA) is 82.3 Å². The van der Waals surface area contributed by atoms with E-state index in [0.29, 0.717) is 37.9 Å². The van der Waals surface area contributed by atoms with Gasteiger partial charge in [0, 0.05) is 10.0 Å². The maximum absolute atomic E-state index is 13.3. The second kappa shape index (κ2) is 9.52. The molecule has 0 unspecified atom stereocenters. The van der Waals surface area contributed by atoms with Gasteiger partial charge >= 0.3 is 5.69 Å². The Morgan fingerprint density at radius 2 is 1.70 bits per heavy atom.